The van der Waals surface area contributed by atoms with Crippen LogP contribution in [-0.2, 0) is 0 Å². The highest BCUT2D eigenvalue weighted by Crippen LogP contribution is 2.11. The van der Waals surface area contributed by atoms with Gasteiger partial charge in [0.1, 0.15) is 0 Å². The van der Waals surface area contributed by atoms with Crippen LogP contribution in [-0.4, -0.2) is 0 Å². The maximum Gasteiger partial charge on any atom is -0.0348 e. The summed E-state index contributed by atoms with van der Waals surface area (Å²) in [6.07, 6.45) is 18.0. The van der Waals surface area contributed by atoms with Crippen molar-refractivity contribution >= 4 is 0 Å². The number of hydrogen-bond acceptors (Lipinski definition) is 0. The molecular weight excluding hydrogens is 132 g/mol. The molecule has 0 heterocycles. The second-order valence-electron chi connectivity index (χ2n) is 3.33. The van der Waals surface area contributed by atoms with Gasteiger partial charge < -0.3 is 0 Å². The molecule has 1 aliphatic carbocycles. The molecule has 0 fully saturated rings. The summed E-state index contributed by atoms with van der Waals surface area (Å²) in [5.41, 5.74) is 0. The van der Waals surface area contributed by atoms with Crippen molar-refractivity contribution in [2.24, 2.45) is 0 Å². The highest BCUT2D eigenvalue weighted by Gasteiger charge is 1.92. The van der Waals surface area contributed by atoms with Crippen molar-refractivity contribution in [2.45, 2.75) is 51.4 Å². The molecule has 11 heavy (non-hydrogen) atoms. The van der Waals surface area contributed by atoms with Gasteiger partial charge in [-0.2, -0.15) is 0 Å². The predicted octanol–water partition coefficient (Wildman–Crippen LogP) is 3.88. The second-order valence-corrected chi connectivity index (χ2v) is 3.33. The van der Waals surface area contributed by atoms with Gasteiger partial charge in [-0.25, -0.2) is 0 Å². The summed E-state index contributed by atoms with van der Waals surface area (Å²) in [5.74, 6) is 0. The van der Waals surface area contributed by atoms with Gasteiger partial charge in [0.15, 0.2) is 0 Å². The predicted molar refractivity (Wildman–Crippen MR) is 50.4 cm³/mol. The molecule has 0 N–H and O–H groups in total. The van der Waals surface area contributed by atoms with E-state index in [1.54, 1.807) is 0 Å². The molecule has 1 radical (unpaired) electrons. The molecule has 0 atom stereocenters. The third-order valence-corrected chi connectivity index (χ3v) is 2.23. The summed E-state index contributed by atoms with van der Waals surface area (Å²) in [6, 6.07) is 0. The average molecular weight is 151 g/mol. The largest absolute Gasteiger partial charge is 0.0885 e. The Hall–Kier alpha value is -0.260. The van der Waals surface area contributed by atoms with Crippen LogP contribution in [0.2, 0.25) is 0 Å². The van der Waals surface area contributed by atoms with E-state index in [0.717, 1.165) is 0 Å². The van der Waals surface area contributed by atoms with Gasteiger partial charge in [0, 0.05) is 0 Å². The van der Waals surface area contributed by atoms with Gasteiger partial charge in [-0.05, 0) is 32.1 Å². The summed E-state index contributed by atoms with van der Waals surface area (Å²) >= 11 is 0. The van der Waals surface area contributed by atoms with Crippen molar-refractivity contribution in [3.05, 3.63) is 18.6 Å². The quantitative estimate of drug-likeness (QED) is 0.461. The van der Waals surface area contributed by atoms with Crippen molar-refractivity contribution in [2.75, 3.05) is 0 Å². The third-order valence-electron chi connectivity index (χ3n) is 2.23. The van der Waals surface area contributed by atoms with Gasteiger partial charge in [-0.15, -0.1) is 0 Å². The van der Waals surface area contributed by atoms with Gasteiger partial charge in [0.05, 0.1) is 0 Å². The maximum absolute atomic E-state index is 2.44. The van der Waals surface area contributed by atoms with Gasteiger partial charge in [-0.1, -0.05) is 37.8 Å². The second kappa shape index (κ2) is 6.45. The molecule has 0 heteroatoms. The monoisotopic (exact) mass is 151 g/mol. The molecule has 0 spiro atoms. The van der Waals surface area contributed by atoms with Gasteiger partial charge in [-0.3, -0.25) is 0 Å². The van der Waals surface area contributed by atoms with Crippen LogP contribution in [0.3, 0.4) is 0 Å². The molecule has 0 nitrogen and oxygen atoms in total. The Kier molecular flexibility index (Phi) is 5.18. The summed E-state index contributed by atoms with van der Waals surface area (Å²) in [4.78, 5) is 0. The SMILES string of the molecule is [CH]1CC/C=C\CCCCCC1. The lowest BCUT2D eigenvalue weighted by Gasteiger charge is -1.97. The summed E-state index contributed by atoms with van der Waals surface area (Å²) in [7, 11) is 0. The van der Waals surface area contributed by atoms with E-state index in [1.807, 2.05) is 0 Å². The lowest BCUT2D eigenvalue weighted by Crippen LogP contribution is -1.79. The fourth-order valence-corrected chi connectivity index (χ4v) is 1.50. The van der Waals surface area contributed by atoms with Gasteiger partial charge >= 0.3 is 0 Å². The Morgan fingerprint density at radius 1 is 0.545 bits per heavy atom. The number of rotatable bonds is 0. The molecule has 0 bridgehead atoms. The smallest absolute Gasteiger partial charge is 0.0348 e. The molecular formula is C11H19. The molecule has 0 aromatic rings. The number of allylic oxidation sites excluding steroid dienone is 2. The Balaban J connectivity index is 2.11. The fraction of sp³-hybridized carbons (Fsp3) is 0.727. The Morgan fingerprint density at radius 3 is 2.18 bits per heavy atom. The van der Waals surface area contributed by atoms with Crippen LogP contribution >= 0.6 is 0 Å². The van der Waals surface area contributed by atoms with Crippen molar-refractivity contribution in [3.8, 4) is 0 Å². The molecule has 1 rings (SSSR count). The normalized spacial score (nSPS) is 25.5. The molecule has 0 unspecified atom stereocenters. The molecule has 0 aliphatic heterocycles. The van der Waals surface area contributed by atoms with Crippen molar-refractivity contribution in [1.29, 1.82) is 0 Å². The Bertz CT molecular complexity index is 90.6. The summed E-state index contributed by atoms with van der Waals surface area (Å²) in [5, 5.41) is 0. The Morgan fingerprint density at radius 2 is 1.27 bits per heavy atom. The van der Waals surface area contributed by atoms with E-state index in [4.69, 9.17) is 0 Å². The molecule has 0 amide bonds. The van der Waals surface area contributed by atoms with E-state index >= 15 is 0 Å². The minimum atomic E-state index is 1.26. The first-order chi connectivity index (χ1) is 5.50. The van der Waals surface area contributed by atoms with Gasteiger partial charge in [0.2, 0.25) is 0 Å². The maximum atomic E-state index is 2.44. The van der Waals surface area contributed by atoms with E-state index in [1.165, 1.54) is 51.4 Å². The first-order valence-corrected chi connectivity index (χ1v) is 4.97. The minimum Gasteiger partial charge on any atom is -0.0885 e. The topological polar surface area (TPSA) is 0 Å². The third kappa shape index (κ3) is 5.06. The summed E-state index contributed by atoms with van der Waals surface area (Å²) < 4.78 is 0. The zero-order chi connectivity index (χ0) is 7.78. The molecule has 0 aromatic heterocycles. The van der Waals surface area contributed by atoms with Crippen LogP contribution in [0, 0.1) is 6.42 Å². The van der Waals surface area contributed by atoms with Crippen molar-refractivity contribution in [1.82, 2.24) is 0 Å². The number of hydrogen-bond donors (Lipinski definition) is 0. The van der Waals surface area contributed by atoms with Crippen LogP contribution in [0.15, 0.2) is 12.2 Å². The van der Waals surface area contributed by atoms with Crippen LogP contribution < -0.4 is 0 Å². The molecule has 0 saturated carbocycles. The van der Waals surface area contributed by atoms with Crippen LogP contribution in [0.4, 0.5) is 0 Å². The Labute approximate surface area is 70.7 Å². The van der Waals surface area contributed by atoms with Crippen LogP contribution in [0.25, 0.3) is 0 Å². The minimum absolute atomic E-state index is 1.26. The van der Waals surface area contributed by atoms with Crippen LogP contribution in [0.1, 0.15) is 51.4 Å². The van der Waals surface area contributed by atoms with E-state index in [-0.39, 0.29) is 0 Å². The molecule has 63 valence electrons. The van der Waals surface area contributed by atoms with Crippen molar-refractivity contribution < 1.29 is 0 Å². The zero-order valence-corrected chi connectivity index (χ0v) is 7.39. The van der Waals surface area contributed by atoms with Gasteiger partial charge in [0.25, 0.3) is 0 Å². The first-order valence-electron chi connectivity index (χ1n) is 4.97. The fourth-order valence-electron chi connectivity index (χ4n) is 1.50. The van der Waals surface area contributed by atoms with E-state index < -0.39 is 0 Å². The van der Waals surface area contributed by atoms with Crippen LogP contribution in [0.5, 0.6) is 0 Å². The lowest BCUT2D eigenvalue weighted by atomic mass is 10.1. The average Bonchev–Trinajstić information content (AvgIpc) is 2.08. The lowest BCUT2D eigenvalue weighted by molar-refractivity contribution is 0.639. The van der Waals surface area contributed by atoms with Crippen molar-refractivity contribution in [3.63, 3.8) is 0 Å². The molecule has 0 saturated heterocycles. The van der Waals surface area contributed by atoms with E-state index in [2.05, 4.69) is 18.6 Å². The standard InChI is InChI=1S/C11H19/c1-2-4-6-8-10-11-9-7-5-3-1/h1-2,7H,3-6,8-11H2/b2-1-. The molecule has 1 aliphatic rings. The first kappa shape index (κ1) is 8.83. The van der Waals surface area contributed by atoms with E-state index in [9.17, 15) is 0 Å². The summed E-state index contributed by atoms with van der Waals surface area (Å²) in [6.45, 7) is 0. The van der Waals surface area contributed by atoms with E-state index in [0.29, 0.717) is 0 Å². The highest BCUT2D eigenvalue weighted by molar-refractivity contribution is 4.84. The molecule has 0 aromatic carbocycles. The highest BCUT2D eigenvalue weighted by atomic mass is 14.0. The zero-order valence-electron chi connectivity index (χ0n) is 7.39.